The van der Waals surface area contributed by atoms with Crippen molar-refractivity contribution in [3.63, 3.8) is 0 Å². The third kappa shape index (κ3) is 4.36. The normalized spacial score (nSPS) is 20.9. The monoisotopic (exact) mass is 394 g/mol. The van der Waals surface area contributed by atoms with Crippen LogP contribution in [0.15, 0.2) is 54.6 Å². The molecule has 2 unspecified atom stereocenters. The van der Waals surface area contributed by atoms with E-state index >= 15 is 0 Å². The summed E-state index contributed by atoms with van der Waals surface area (Å²) in [6, 6.07) is 17.5. The minimum absolute atomic E-state index is 0.0347. The van der Waals surface area contributed by atoms with Crippen LogP contribution < -0.4 is 9.47 Å². The van der Waals surface area contributed by atoms with E-state index in [-0.39, 0.29) is 24.3 Å². The summed E-state index contributed by atoms with van der Waals surface area (Å²) in [5, 5.41) is 0. The van der Waals surface area contributed by atoms with Crippen LogP contribution in [0.25, 0.3) is 0 Å². The lowest BCUT2D eigenvalue weighted by atomic mass is 10.1. The predicted molar refractivity (Wildman–Crippen MR) is 109 cm³/mol. The summed E-state index contributed by atoms with van der Waals surface area (Å²) in [5.74, 6) is 1.74. The topological polar surface area (TPSA) is 59.1 Å². The van der Waals surface area contributed by atoms with Crippen molar-refractivity contribution in [1.29, 1.82) is 0 Å². The molecule has 6 nitrogen and oxygen atoms in total. The van der Waals surface area contributed by atoms with Crippen molar-refractivity contribution in [2.45, 2.75) is 12.3 Å². The van der Waals surface area contributed by atoms with Gasteiger partial charge >= 0.3 is 0 Å². The second kappa shape index (κ2) is 8.55. The summed E-state index contributed by atoms with van der Waals surface area (Å²) in [7, 11) is 1.57. The molecule has 1 heterocycles. The first-order valence-electron chi connectivity index (χ1n) is 10.0. The Hall–Kier alpha value is -3.02. The van der Waals surface area contributed by atoms with Gasteiger partial charge < -0.3 is 19.3 Å². The zero-order chi connectivity index (χ0) is 20.2. The molecule has 2 amide bonds. The van der Waals surface area contributed by atoms with Crippen LogP contribution in [-0.2, 0) is 9.59 Å². The molecule has 1 saturated heterocycles. The molecule has 29 heavy (non-hydrogen) atoms. The first-order chi connectivity index (χ1) is 14.2. The number of benzene rings is 2. The molecule has 6 heteroatoms. The van der Waals surface area contributed by atoms with Gasteiger partial charge in [0.05, 0.1) is 7.11 Å². The minimum Gasteiger partial charge on any atom is -0.493 e. The predicted octanol–water partition coefficient (Wildman–Crippen LogP) is 2.55. The number of methoxy groups -OCH3 is 1. The van der Waals surface area contributed by atoms with Gasteiger partial charge in [-0.3, -0.25) is 9.59 Å². The van der Waals surface area contributed by atoms with Gasteiger partial charge in [0.15, 0.2) is 18.1 Å². The smallest absolute Gasteiger partial charge is 0.260 e. The van der Waals surface area contributed by atoms with Crippen LogP contribution in [0.4, 0.5) is 0 Å². The van der Waals surface area contributed by atoms with Crippen molar-refractivity contribution in [3.05, 3.63) is 60.2 Å². The number of rotatable bonds is 6. The molecule has 0 bridgehead atoms. The highest BCUT2D eigenvalue weighted by molar-refractivity contribution is 5.83. The van der Waals surface area contributed by atoms with Crippen LogP contribution in [-0.4, -0.2) is 61.5 Å². The van der Waals surface area contributed by atoms with Crippen molar-refractivity contribution >= 4 is 11.8 Å². The summed E-state index contributed by atoms with van der Waals surface area (Å²) in [6.07, 6.45) is 0.925. The standard InChI is InChI=1S/C23H26N2O4/c1-28-20-9-5-6-10-21(20)29-16-22(26)24-11-13-25(14-12-24)23(27)19-15-18(19)17-7-3-2-4-8-17/h2-10,18-19H,11-16H2,1H3. The Bertz CT molecular complexity index is 862. The molecule has 2 atom stereocenters. The van der Waals surface area contributed by atoms with E-state index in [4.69, 9.17) is 9.47 Å². The number of carbonyl (C=O) groups excluding carboxylic acids is 2. The molecule has 0 N–H and O–H groups in total. The van der Waals surface area contributed by atoms with E-state index in [1.54, 1.807) is 24.1 Å². The lowest BCUT2D eigenvalue weighted by Gasteiger charge is -2.35. The maximum atomic E-state index is 12.8. The highest BCUT2D eigenvalue weighted by Gasteiger charge is 2.46. The van der Waals surface area contributed by atoms with Crippen LogP contribution in [0.3, 0.4) is 0 Å². The minimum atomic E-state index is -0.0726. The van der Waals surface area contributed by atoms with Crippen molar-refractivity contribution < 1.29 is 19.1 Å². The molecule has 1 saturated carbocycles. The fraction of sp³-hybridized carbons (Fsp3) is 0.391. The molecule has 1 aliphatic carbocycles. The lowest BCUT2D eigenvalue weighted by molar-refractivity contribution is -0.141. The third-order valence-electron chi connectivity index (χ3n) is 5.70. The van der Waals surface area contributed by atoms with E-state index in [0.29, 0.717) is 43.6 Å². The second-order valence-corrected chi connectivity index (χ2v) is 7.50. The molecule has 0 spiro atoms. The molecule has 2 fully saturated rings. The third-order valence-corrected chi connectivity index (χ3v) is 5.70. The first-order valence-corrected chi connectivity index (χ1v) is 10.0. The Morgan fingerprint density at radius 3 is 2.21 bits per heavy atom. The van der Waals surface area contributed by atoms with Gasteiger partial charge in [0.1, 0.15) is 0 Å². The van der Waals surface area contributed by atoms with Crippen molar-refractivity contribution in [2.24, 2.45) is 5.92 Å². The molecular weight excluding hydrogens is 368 g/mol. The molecule has 152 valence electrons. The number of piperazine rings is 1. The fourth-order valence-electron chi connectivity index (χ4n) is 3.92. The van der Waals surface area contributed by atoms with Crippen LogP contribution in [0, 0.1) is 5.92 Å². The highest BCUT2D eigenvalue weighted by Crippen LogP contribution is 2.48. The van der Waals surface area contributed by atoms with Crippen molar-refractivity contribution in [3.8, 4) is 11.5 Å². The van der Waals surface area contributed by atoms with Crippen molar-refractivity contribution in [1.82, 2.24) is 9.80 Å². The molecule has 2 aromatic rings. The molecule has 2 aromatic carbocycles. The Kier molecular flexibility index (Phi) is 5.69. The maximum Gasteiger partial charge on any atom is 0.260 e. The summed E-state index contributed by atoms with van der Waals surface area (Å²) < 4.78 is 10.9. The number of hydrogen-bond acceptors (Lipinski definition) is 4. The summed E-state index contributed by atoms with van der Waals surface area (Å²) in [4.78, 5) is 28.9. The Labute approximate surface area is 171 Å². The highest BCUT2D eigenvalue weighted by atomic mass is 16.5. The molecule has 0 aromatic heterocycles. The zero-order valence-corrected chi connectivity index (χ0v) is 16.6. The molecular formula is C23H26N2O4. The van der Waals surface area contributed by atoms with Gasteiger partial charge in [0.2, 0.25) is 5.91 Å². The van der Waals surface area contributed by atoms with Crippen LogP contribution in [0.5, 0.6) is 11.5 Å². The lowest BCUT2D eigenvalue weighted by Crippen LogP contribution is -2.52. The van der Waals surface area contributed by atoms with Crippen LogP contribution >= 0.6 is 0 Å². The van der Waals surface area contributed by atoms with E-state index in [2.05, 4.69) is 12.1 Å². The molecule has 0 radical (unpaired) electrons. The Morgan fingerprint density at radius 1 is 0.897 bits per heavy atom. The maximum absolute atomic E-state index is 12.8. The average molecular weight is 394 g/mol. The van der Waals surface area contributed by atoms with E-state index < -0.39 is 0 Å². The summed E-state index contributed by atoms with van der Waals surface area (Å²) >= 11 is 0. The second-order valence-electron chi connectivity index (χ2n) is 7.50. The van der Waals surface area contributed by atoms with Crippen molar-refractivity contribution in [2.75, 3.05) is 39.9 Å². The SMILES string of the molecule is COc1ccccc1OCC(=O)N1CCN(C(=O)C2CC2c2ccccc2)CC1. The van der Waals surface area contributed by atoms with Gasteiger partial charge in [-0.25, -0.2) is 0 Å². The number of ether oxygens (including phenoxy) is 2. The van der Waals surface area contributed by atoms with E-state index in [0.717, 1.165) is 6.42 Å². The zero-order valence-electron chi connectivity index (χ0n) is 16.6. The van der Waals surface area contributed by atoms with E-state index in [1.807, 2.05) is 35.2 Å². The number of carbonyl (C=O) groups is 2. The number of hydrogen-bond donors (Lipinski definition) is 0. The molecule has 2 aliphatic rings. The average Bonchev–Trinajstić information content (AvgIpc) is 3.59. The molecule has 1 aliphatic heterocycles. The van der Waals surface area contributed by atoms with Crippen LogP contribution in [0.2, 0.25) is 0 Å². The first kappa shape index (κ1) is 19.3. The fourth-order valence-corrected chi connectivity index (χ4v) is 3.92. The van der Waals surface area contributed by atoms with Gasteiger partial charge in [-0.15, -0.1) is 0 Å². The van der Waals surface area contributed by atoms with Gasteiger partial charge in [-0.05, 0) is 30.0 Å². The number of nitrogens with zero attached hydrogens (tertiary/aromatic N) is 2. The quantitative estimate of drug-likeness (QED) is 0.756. The van der Waals surface area contributed by atoms with Crippen LogP contribution in [0.1, 0.15) is 17.9 Å². The largest absolute Gasteiger partial charge is 0.493 e. The number of para-hydroxylation sites is 2. The molecule has 4 rings (SSSR count). The number of amides is 2. The van der Waals surface area contributed by atoms with E-state index in [9.17, 15) is 9.59 Å². The summed E-state index contributed by atoms with van der Waals surface area (Å²) in [5.41, 5.74) is 1.24. The Morgan fingerprint density at radius 2 is 1.52 bits per heavy atom. The van der Waals surface area contributed by atoms with Gasteiger partial charge in [0, 0.05) is 32.1 Å². The Balaban J connectivity index is 1.24. The summed E-state index contributed by atoms with van der Waals surface area (Å²) in [6.45, 7) is 2.21. The van der Waals surface area contributed by atoms with Gasteiger partial charge in [-0.2, -0.15) is 0 Å². The van der Waals surface area contributed by atoms with E-state index in [1.165, 1.54) is 5.56 Å². The van der Waals surface area contributed by atoms with Gasteiger partial charge in [0.25, 0.3) is 5.91 Å². The van der Waals surface area contributed by atoms with Gasteiger partial charge in [-0.1, -0.05) is 42.5 Å².